The van der Waals surface area contributed by atoms with Crippen molar-refractivity contribution < 1.29 is 28.6 Å². The first-order chi connectivity index (χ1) is 29.0. The van der Waals surface area contributed by atoms with E-state index in [9.17, 15) is 14.4 Å². The molecule has 0 saturated heterocycles. The third kappa shape index (κ3) is 45.8. The van der Waals surface area contributed by atoms with Gasteiger partial charge >= 0.3 is 17.9 Å². The maximum atomic E-state index is 12.7. The molecular weight excluding hydrogens is 733 g/mol. The second-order valence-electron chi connectivity index (χ2n) is 16.0. The van der Waals surface area contributed by atoms with Crippen LogP contribution in [0.4, 0.5) is 0 Å². The van der Waals surface area contributed by atoms with Crippen LogP contribution in [0.15, 0.2) is 72.9 Å². The number of unbranched alkanes of at least 4 members (excludes halogenated alkanes) is 21. The monoisotopic (exact) mass is 823 g/mol. The minimum absolute atomic E-state index is 0.107. The summed E-state index contributed by atoms with van der Waals surface area (Å²) >= 11 is 0. The van der Waals surface area contributed by atoms with Crippen molar-refractivity contribution in [1.82, 2.24) is 0 Å². The molecule has 0 radical (unpaired) electrons. The Hall–Kier alpha value is -3.15. The summed E-state index contributed by atoms with van der Waals surface area (Å²) in [6.45, 7) is 6.41. The zero-order valence-corrected chi connectivity index (χ0v) is 38.5. The molecule has 1 unspecified atom stereocenters. The van der Waals surface area contributed by atoms with Crippen LogP contribution in [0.25, 0.3) is 0 Å². The highest BCUT2D eigenvalue weighted by Crippen LogP contribution is 2.14. The van der Waals surface area contributed by atoms with Gasteiger partial charge in [0.25, 0.3) is 0 Å². The minimum Gasteiger partial charge on any atom is -0.462 e. The van der Waals surface area contributed by atoms with Crippen molar-refractivity contribution in [2.24, 2.45) is 0 Å². The van der Waals surface area contributed by atoms with Crippen LogP contribution in [0.1, 0.15) is 226 Å². The number of carbonyl (C=O) groups is 3. The van der Waals surface area contributed by atoms with Gasteiger partial charge in [-0.3, -0.25) is 14.4 Å². The molecule has 0 amide bonds. The number of rotatable bonds is 43. The summed E-state index contributed by atoms with van der Waals surface area (Å²) in [7, 11) is 0. The predicted octanol–water partition coefficient (Wildman–Crippen LogP) is 15.9. The van der Waals surface area contributed by atoms with Gasteiger partial charge in [-0.05, 0) is 70.6 Å². The van der Waals surface area contributed by atoms with Crippen LogP contribution in [-0.4, -0.2) is 37.2 Å². The van der Waals surface area contributed by atoms with Gasteiger partial charge in [0.15, 0.2) is 6.10 Å². The summed E-state index contributed by atoms with van der Waals surface area (Å²) < 4.78 is 16.6. The fourth-order valence-corrected chi connectivity index (χ4v) is 6.57. The second kappa shape index (κ2) is 47.5. The first-order valence-corrected chi connectivity index (χ1v) is 24.4. The molecule has 1 atom stereocenters. The normalized spacial score (nSPS) is 12.7. The topological polar surface area (TPSA) is 78.9 Å². The molecule has 0 rings (SSSR count). The van der Waals surface area contributed by atoms with E-state index in [2.05, 4.69) is 81.5 Å². The Kier molecular flexibility index (Phi) is 45.0. The van der Waals surface area contributed by atoms with Gasteiger partial charge in [0.2, 0.25) is 0 Å². The first kappa shape index (κ1) is 55.9. The molecule has 0 aromatic heterocycles. The van der Waals surface area contributed by atoms with Crippen molar-refractivity contribution in [3.8, 4) is 0 Å². The molecule has 338 valence electrons. The molecule has 0 bridgehead atoms. The number of carbonyl (C=O) groups excluding carboxylic acids is 3. The molecule has 6 nitrogen and oxygen atoms in total. The molecule has 0 aliphatic heterocycles. The molecule has 0 saturated carbocycles. The average Bonchev–Trinajstić information content (AvgIpc) is 3.23. The van der Waals surface area contributed by atoms with Crippen LogP contribution in [0.2, 0.25) is 0 Å². The highest BCUT2D eigenvalue weighted by molar-refractivity contribution is 5.72. The summed E-state index contributed by atoms with van der Waals surface area (Å²) in [5.41, 5.74) is 0. The van der Waals surface area contributed by atoms with E-state index in [1.807, 2.05) is 6.08 Å². The van der Waals surface area contributed by atoms with E-state index >= 15 is 0 Å². The van der Waals surface area contributed by atoms with E-state index in [-0.39, 0.29) is 31.6 Å². The fraction of sp³-hybridized carbons (Fsp3) is 0.717. The number of hydrogen-bond acceptors (Lipinski definition) is 6. The van der Waals surface area contributed by atoms with Crippen LogP contribution in [0.5, 0.6) is 0 Å². The van der Waals surface area contributed by atoms with Gasteiger partial charge < -0.3 is 14.2 Å². The van der Waals surface area contributed by atoms with Crippen LogP contribution in [0.3, 0.4) is 0 Å². The lowest BCUT2D eigenvalue weighted by atomic mass is 10.0. The third-order valence-corrected chi connectivity index (χ3v) is 10.2. The predicted molar refractivity (Wildman–Crippen MR) is 251 cm³/mol. The van der Waals surface area contributed by atoms with Crippen molar-refractivity contribution in [3.63, 3.8) is 0 Å². The highest BCUT2D eigenvalue weighted by atomic mass is 16.6. The fourth-order valence-electron chi connectivity index (χ4n) is 6.57. The van der Waals surface area contributed by atoms with Crippen molar-refractivity contribution >= 4 is 17.9 Å². The van der Waals surface area contributed by atoms with E-state index in [1.54, 1.807) is 6.08 Å². The van der Waals surface area contributed by atoms with Gasteiger partial charge in [0, 0.05) is 12.8 Å². The number of allylic oxidation sites excluding steroid dienone is 11. The highest BCUT2D eigenvalue weighted by Gasteiger charge is 2.19. The summed E-state index contributed by atoms with van der Waals surface area (Å²) in [6, 6.07) is 0. The summed E-state index contributed by atoms with van der Waals surface area (Å²) in [5, 5.41) is 0. The van der Waals surface area contributed by atoms with Gasteiger partial charge in [-0.1, -0.05) is 209 Å². The Labute approximate surface area is 363 Å². The Bertz CT molecular complexity index is 1130. The Balaban J connectivity index is 4.52. The summed E-state index contributed by atoms with van der Waals surface area (Å²) in [6.07, 6.45) is 59.0. The molecule has 59 heavy (non-hydrogen) atoms. The molecular formula is C53H90O6. The molecule has 0 aliphatic rings. The number of esters is 3. The van der Waals surface area contributed by atoms with Crippen LogP contribution in [0, 0.1) is 0 Å². The van der Waals surface area contributed by atoms with Crippen molar-refractivity contribution in [2.75, 3.05) is 13.2 Å². The molecule has 0 aromatic carbocycles. The van der Waals surface area contributed by atoms with Crippen molar-refractivity contribution in [2.45, 2.75) is 232 Å². The van der Waals surface area contributed by atoms with Crippen LogP contribution in [-0.2, 0) is 28.6 Å². The molecule has 6 heteroatoms. The van der Waals surface area contributed by atoms with Crippen LogP contribution >= 0.6 is 0 Å². The number of ether oxygens (including phenoxy) is 3. The van der Waals surface area contributed by atoms with Crippen LogP contribution < -0.4 is 0 Å². The standard InChI is InChI=1S/C53H90O6/c1-4-7-10-13-16-19-22-25-27-29-31-34-37-40-43-46-52(55)58-49-50(48-57-51(54)45-42-39-36-33-30-24-21-18-15-12-9-6-3)59-53(56)47-44-41-38-35-32-28-26-23-20-17-14-11-8-5-2/h7,10,16,19,23,25-27,31,34,40,43,50H,4-6,8-9,11-15,17-18,20-22,24,28-30,32-33,35-39,41-42,44-49H2,1-3H3/b10-7-,19-16-,26-23-,27-25-,34-31-,43-40-. The van der Waals surface area contributed by atoms with Crippen molar-refractivity contribution in [1.29, 1.82) is 0 Å². The quantitative estimate of drug-likeness (QED) is 0.0264. The SMILES string of the molecule is CC/C=C\C/C=C\C/C=C\C/C=C\C/C=C\CC(=O)OCC(COC(=O)CCCCCCCCCCCCCC)OC(=O)CCCCCCC/C=C\CCCCCCC. The Morgan fingerprint density at radius 3 is 1.17 bits per heavy atom. The van der Waals surface area contributed by atoms with E-state index in [1.165, 1.54) is 103 Å². The van der Waals surface area contributed by atoms with Gasteiger partial charge in [-0.25, -0.2) is 0 Å². The lowest BCUT2D eigenvalue weighted by Crippen LogP contribution is -2.30. The maximum absolute atomic E-state index is 12.7. The molecule has 0 heterocycles. The van der Waals surface area contributed by atoms with Gasteiger partial charge in [-0.2, -0.15) is 0 Å². The van der Waals surface area contributed by atoms with E-state index in [0.29, 0.717) is 12.8 Å². The Morgan fingerprint density at radius 2 is 0.729 bits per heavy atom. The van der Waals surface area contributed by atoms with Gasteiger partial charge in [-0.15, -0.1) is 0 Å². The molecule has 0 aliphatic carbocycles. The largest absolute Gasteiger partial charge is 0.462 e. The first-order valence-electron chi connectivity index (χ1n) is 24.4. The summed E-state index contributed by atoms with van der Waals surface area (Å²) in [4.78, 5) is 37.8. The molecule has 0 fully saturated rings. The smallest absolute Gasteiger partial charge is 0.309 e. The van der Waals surface area contributed by atoms with Gasteiger partial charge in [0.05, 0.1) is 6.42 Å². The lowest BCUT2D eigenvalue weighted by molar-refractivity contribution is -0.166. The number of hydrogen-bond donors (Lipinski definition) is 0. The molecule has 0 aromatic rings. The van der Waals surface area contributed by atoms with E-state index < -0.39 is 12.1 Å². The molecule has 0 spiro atoms. The zero-order valence-electron chi connectivity index (χ0n) is 38.5. The minimum atomic E-state index is -0.816. The third-order valence-electron chi connectivity index (χ3n) is 10.2. The lowest BCUT2D eigenvalue weighted by Gasteiger charge is -2.18. The van der Waals surface area contributed by atoms with E-state index in [0.717, 1.165) is 83.5 Å². The Morgan fingerprint density at radius 1 is 0.373 bits per heavy atom. The maximum Gasteiger partial charge on any atom is 0.309 e. The second-order valence-corrected chi connectivity index (χ2v) is 16.0. The average molecular weight is 823 g/mol. The molecule has 0 N–H and O–H groups in total. The van der Waals surface area contributed by atoms with Crippen molar-refractivity contribution in [3.05, 3.63) is 72.9 Å². The summed E-state index contributed by atoms with van der Waals surface area (Å²) in [5.74, 6) is -1.05. The zero-order chi connectivity index (χ0) is 43.0. The van der Waals surface area contributed by atoms with Gasteiger partial charge in [0.1, 0.15) is 13.2 Å². The van der Waals surface area contributed by atoms with E-state index in [4.69, 9.17) is 14.2 Å².